The van der Waals surface area contributed by atoms with Gasteiger partial charge in [0.25, 0.3) is 5.56 Å². The molecule has 6 heteroatoms. The van der Waals surface area contributed by atoms with Crippen molar-refractivity contribution in [2.24, 2.45) is 9.98 Å². The highest BCUT2D eigenvalue weighted by molar-refractivity contribution is 5.12. The molecule has 1 aliphatic heterocycles. The van der Waals surface area contributed by atoms with E-state index >= 15 is 0 Å². The van der Waals surface area contributed by atoms with Gasteiger partial charge in [-0.25, -0.2) is 0 Å². The average Bonchev–Trinajstić information content (AvgIpc) is 2.06. The predicted octanol–water partition coefficient (Wildman–Crippen LogP) is -1.62. The van der Waals surface area contributed by atoms with Gasteiger partial charge >= 0.3 is 0 Å². The van der Waals surface area contributed by atoms with Gasteiger partial charge in [0.1, 0.15) is 0 Å². The standard InChI is InChI=1S/C8H11N5O/c1-8(2)3-10-5-4(13-8)6(14)12-7(9)11-5/h3H2,1-2H3,(H3,9,10,11,12,14). The molecule has 3 N–H and O–H groups in total. The van der Waals surface area contributed by atoms with E-state index in [9.17, 15) is 4.79 Å². The number of hydrogen-bond acceptors (Lipinski definition) is 5. The zero-order valence-corrected chi connectivity index (χ0v) is 8.03. The predicted molar refractivity (Wildman–Crippen MR) is 50.5 cm³/mol. The van der Waals surface area contributed by atoms with Crippen molar-refractivity contribution in [3.63, 3.8) is 0 Å². The Balaban J connectivity index is 2.87. The first-order chi connectivity index (χ1) is 6.48. The topological polar surface area (TPSA) is 96.5 Å². The maximum atomic E-state index is 11.4. The molecule has 0 amide bonds. The lowest BCUT2D eigenvalue weighted by atomic mass is 10.1. The summed E-state index contributed by atoms with van der Waals surface area (Å²) in [7, 11) is 0. The first kappa shape index (κ1) is 8.86. The number of rotatable bonds is 0. The van der Waals surface area contributed by atoms with Crippen molar-refractivity contribution in [2.75, 3.05) is 12.3 Å². The normalized spacial score (nSPS) is 17.9. The third-order valence-corrected chi connectivity index (χ3v) is 1.93. The Hall–Kier alpha value is -1.72. The second-order valence-corrected chi connectivity index (χ2v) is 3.86. The van der Waals surface area contributed by atoms with E-state index in [1.807, 2.05) is 13.8 Å². The second-order valence-electron chi connectivity index (χ2n) is 3.86. The van der Waals surface area contributed by atoms with Crippen molar-refractivity contribution < 1.29 is 0 Å². The van der Waals surface area contributed by atoms with Crippen LogP contribution in [0.3, 0.4) is 0 Å². The summed E-state index contributed by atoms with van der Waals surface area (Å²) in [5.74, 6) is 0.0763. The number of H-pyrrole nitrogens is 1. The quantitative estimate of drug-likeness (QED) is 0.518. The minimum atomic E-state index is -0.336. The van der Waals surface area contributed by atoms with E-state index in [1.165, 1.54) is 0 Å². The molecule has 1 aromatic rings. The van der Waals surface area contributed by atoms with Gasteiger partial charge in [-0.1, -0.05) is 0 Å². The molecule has 0 fully saturated rings. The SMILES string of the molecule is CC1(C)CN=c2nc(N)[nH]c(=O)c2=N1. The highest BCUT2D eigenvalue weighted by Crippen LogP contribution is 2.07. The van der Waals surface area contributed by atoms with Crippen molar-refractivity contribution >= 4 is 5.95 Å². The van der Waals surface area contributed by atoms with Crippen LogP contribution in [-0.4, -0.2) is 22.1 Å². The van der Waals surface area contributed by atoms with Gasteiger partial charge in [0.15, 0.2) is 10.8 Å². The number of nitrogens with one attached hydrogen (secondary N) is 1. The van der Waals surface area contributed by atoms with Crippen molar-refractivity contribution in [2.45, 2.75) is 19.4 Å². The smallest absolute Gasteiger partial charge is 0.280 e. The molecule has 0 saturated carbocycles. The first-order valence-electron chi connectivity index (χ1n) is 4.28. The van der Waals surface area contributed by atoms with E-state index in [0.29, 0.717) is 12.0 Å². The number of nitrogens with zero attached hydrogens (tertiary/aromatic N) is 3. The van der Waals surface area contributed by atoms with Crippen molar-refractivity contribution in [1.82, 2.24) is 9.97 Å². The zero-order chi connectivity index (χ0) is 10.3. The van der Waals surface area contributed by atoms with Gasteiger partial charge in [0.05, 0.1) is 12.1 Å². The molecule has 2 rings (SSSR count). The van der Waals surface area contributed by atoms with Gasteiger partial charge in [0, 0.05) is 0 Å². The fourth-order valence-corrected chi connectivity index (χ4v) is 1.29. The van der Waals surface area contributed by atoms with Crippen LogP contribution < -0.4 is 22.1 Å². The first-order valence-corrected chi connectivity index (χ1v) is 4.28. The molecular formula is C8H11N5O. The molecule has 0 saturated heterocycles. The van der Waals surface area contributed by atoms with Crippen LogP contribution >= 0.6 is 0 Å². The zero-order valence-electron chi connectivity index (χ0n) is 8.03. The second kappa shape index (κ2) is 2.63. The number of aromatic nitrogens is 2. The van der Waals surface area contributed by atoms with E-state index in [4.69, 9.17) is 5.73 Å². The Bertz CT molecular complexity index is 542. The van der Waals surface area contributed by atoms with E-state index in [0.717, 1.165) is 0 Å². The summed E-state index contributed by atoms with van der Waals surface area (Å²) in [6.07, 6.45) is 0. The maximum Gasteiger partial charge on any atom is 0.280 e. The van der Waals surface area contributed by atoms with Crippen LogP contribution in [0.1, 0.15) is 13.8 Å². The summed E-state index contributed by atoms with van der Waals surface area (Å²) < 4.78 is 0. The molecule has 0 aromatic carbocycles. The highest BCUT2D eigenvalue weighted by Gasteiger charge is 2.19. The lowest BCUT2D eigenvalue weighted by Gasteiger charge is -2.18. The third kappa shape index (κ3) is 1.39. The molecule has 74 valence electrons. The van der Waals surface area contributed by atoms with Crippen LogP contribution in [0, 0.1) is 0 Å². The van der Waals surface area contributed by atoms with Gasteiger partial charge in [0.2, 0.25) is 5.95 Å². The average molecular weight is 193 g/mol. The molecule has 2 heterocycles. The number of anilines is 1. The summed E-state index contributed by atoms with van der Waals surface area (Å²) in [4.78, 5) is 26.2. The third-order valence-electron chi connectivity index (χ3n) is 1.93. The minimum Gasteiger partial charge on any atom is -0.369 e. The van der Waals surface area contributed by atoms with Gasteiger partial charge in [-0.2, -0.15) is 4.98 Å². The molecule has 0 atom stereocenters. The van der Waals surface area contributed by atoms with Gasteiger partial charge in [-0.15, -0.1) is 0 Å². The highest BCUT2D eigenvalue weighted by atomic mass is 16.1. The molecule has 0 spiro atoms. The van der Waals surface area contributed by atoms with Crippen LogP contribution in [0.15, 0.2) is 14.8 Å². The van der Waals surface area contributed by atoms with Crippen LogP contribution in [0.25, 0.3) is 0 Å². The van der Waals surface area contributed by atoms with Crippen molar-refractivity contribution in [1.29, 1.82) is 0 Å². The molecule has 14 heavy (non-hydrogen) atoms. The summed E-state index contributed by atoms with van der Waals surface area (Å²) in [5.41, 5.74) is 5.06. The molecule has 6 nitrogen and oxygen atoms in total. The Morgan fingerprint density at radius 3 is 2.93 bits per heavy atom. The fraction of sp³-hybridized carbons (Fsp3) is 0.500. The molecule has 1 aromatic heterocycles. The number of nitrogens with two attached hydrogens (primary N) is 1. The Morgan fingerprint density at radius 2 is 2.21 bits per heavy atom. The van der Waals surface area contributed by atoms with Crippen LogP contribution in [0.2, 0.25) is 0 Å². The summed E-state index contributed by atoms with van der Waals surface area (Å²) in [6.45, 7) is 4.35. The monoisotopic (exact) mass is 193 g/mol. The lowest BCUT2D eigenvalue weighted by Crippen LogP contribution is -2.49. The molecule has 0 aliphatic carbocycles. The number of fused-ring (bicyclic) bond motifs is 1. The van der Waals surface area contributed by atoms with Crippen LogP contribution in [0.4, 0.5) is 5.95 Å². The van der Waals surface area contributed by atoms with Gasteiger partial charge < -0.3 is 5.73 Å². The summed E-state index contributed by atoms with van der Waals surface area (Å²) in [5, 5.41) is 0.274. The number of nitrogen functional groups attached to an aromatic ring is 1. The largest absolute Gasteiger partial charge is 0.369 e. The van der Waals surface area contributed by atoms with Gasteiger partial charge in [-0.05, 0) is 13.8 Å². The summed E-state index contributed by atoms with van der Waals surface area (Å²) in [6, 6.07) is 0. The molecule has 0 unspecified atom stereocenters. The maximum absolute atomic E-state index is 11.4. The van der Waals surface area contributed by atoms with Crippen LogP contribution in [-0.2, 0) is 0 Å². The van der Waals surface area contributed by atoms with E-state index in [1.54, 1.807) is 0 Å². The number of aromatic amines is 1. The van der Waals surface area contributed by atoms with E-state index in [-0.39, 0.29) is 22.4 Å². The van der Waals surface area contributed by atoms with Crippen molar-refractivity contribution in [3.8, 4) is 0 Å². The Morgan fingerprint density at radius 1 is 1.50 bits per heavy atom. The van der Waals surface area contributed by atoms with E-state index in [2.05, 4.69) is 20.0 Å². The molecular weight excluding hydrogens is 182 g/mol. The molecule has 0 radical (unpaired) electrons. The van der Waals surface area contributed by atoms with Crippen LogP contribution in [0.5, 0.6) is 0 Å². The molecule has 1 aliphatic rings. The Labute approximate surface area is 79.6 Å². The van der Waals surface area contributed by atoms with Crippen molar-refractivity contribution in [3.05, 3.63) is 21.2 Å². The lowest BCUT2D eigenvalue weighted by molar-refractivity contribution is 0.495. The summed E-state index contributed by atoms with van der Waals surface area (Å²) >= 11 is 0. The number of hydrogen-bond donors (Lipinski definition) is 2. The fourth-order valence-electron chi connectivity index (χ4n) is 1.29. The van der Waals surface area contributed by atoms with Gasteiger partial charge in [-0.3, -0.25) is 19.8 Å². The molecule has 0 bridgehead atoms. The minimum absolute atomic E-state index is 0.0763. The Kier molecular flexibility index (Phi) is 1.67. The van der Waals surface area contributed by atoms with E-state index < -0.39 is 0 Å².